The summed E-state index contributed by atoms with van der Waals surface area (Å²) in [4.78, 5) is 29.1. The second kappa shape index (κ2) is 11.9. The lowest BCUT2D eigenvalue weighted by Gasteiger charge is -2.36. The molecule has 1 aliphatic heterocycles. The molecule has 4 rings (SSSR count). The van der Waals surface area contributed by atoms with Crippen LogP contribution in [0.1, 0.15) is 18.9 Å². The van der Waals surface area contributed by atoms with Crippen molar-refractivity contribution in [3.05, 3.63) is 60.2 Å². The van der Waals surface area contributed by atoms with Crippen molar-refractivity contribution >= 4 is 29.3 Å². The molecule has 1 saturated heterocycles. The predicted molar refractivity (Wildman–Crippen MR) is 139 cm³/mol. The van der Waals surface area contributed by atoms with Crippen molar-refractivity contribution in [2.45, 2.75) is 32.0 Å². The van der Waals surface area contributed by atoms with E-state index in [0.29, 0.717) is 37.8 Å². The van der Waals surface area contributed by atoms with Crippen LogP contribution in [0.3, 0.4) is 0 Å². The smallest absolute Gasteiger partial charge is 0.230 e. The van der Waals surface area contributed by atoms with Gasteiger partial charge in [-0.15, -0.1) is 10.2 Å². The minimum absolute atomic E-state index is 0.0826. The number of anilines is 1. The minimum atomic E-state index is -0.112. The van der Waals surface area contributed by atoms with Crippen LogP contribution in [0.5, 0.6) is 0 Å². The highest BCUT2D eigenvalue weighted by Gasteiger charge is 2.21. The Labute approximate surface area is 210 Å². The van der Waals surface area contributed by atoms with E-state index >= 15 is 0 Å². The molecule has 2 aromatic carbocycles. The fourth-order valence-corrected chi connectivity index (χ4v) is 5.01. The summed E-state index contributed by atoms with van der Waals surface area (Å²) >= 11 is 1.36. The summed E-state index contributed by atoms with van der Waals surface area (Å²) in [6.45, 7) is 8.19. The summed E-state index contributed by atoms with van der Waals surface area (Å²) in [5, 5.41) is 12.2. The molecular weight excluding hydrogens is 460 g/mol. The third kappa shape index (κ3) is 6.42. The summed E-state index contributed by atoms with van der Waals surface area (Å²) in [5.74, 6) is 1.01. The van der Waals surface area contributed by atoms with Crippen molar-refractivity contribution < 1.29 is 9.59 Å². The van der Waals surface area contributed by atoms with E-state index in [4.69, 9.17) is 0 Å². The van der Waals surface area contributed by atoms with Gasteiger partial charge in [-0.2, -0.15) is 0 Å². The van der Waals surface area contributed by atoms with Crippen LogP contribution < -0.4 is 10.2 Å². The zero-order valence-electron chi connectivity index (χ0n) is 20.3. The summed E-state index contributed by atoms with van der Waals surface area (Å²) < 4.78 is 2.02. The van der Waals surface area contributed by atoms with Crippen LogP contribution in [0.2, 0.25) is 0 Å². The topological polar surface area (TPSA) is 83.4 Å². The van der Waals surface area contributed by atoms with E-state index in [0.717, 1.165) is 30.0 Å². The van der Waals surface area contributed by atoms with Gasteiger partial charge in [-0.1, -0.05) is 53.7 Å². The molecule has 35 heavy (non-hydrogen) atoms. The van der Waals surface area contributed by atoms with Gasteiger partial charge < -0.3 is 19.7 Å². The maximum Gasteiger partial charge on any atom is 0.230 e. The van der Waals surface area contributed by atoms with E-state index < -0.39 is 0 Å². The Balaban J connectivity index is 1.19. The van der Waals surface area contributed by atoms with Gasteiger partial charge in [-0.3, -0.25) is 9.59 Å². The van der Waals surface area contributed by atoms with Gasteiger partial charge in [0, 0.05) is 56.9 Å². The Bertz CT molecular complexity index is 1140. The molecule has 184 valence electrons. The van der Waals surface area contributed by atoms with Crippen LogP contribution in [0.15, 0.2) is 59.8 Å². The number of thioether (sulfide) groups is 1. The molecule has 0 bridgehead atoms. The fourth-order valence-electron chi connectivity index (χ4n) is 4.18. The van der Waals surface area contributed by atoms with Crippen molar-refractivity contribution in [2.24, 2.45) is 0 Å². The van der Waals surface area contributed by atoms with Crippen LogP contribution in [0.25, 0.3) is 11.4 Å². The first-order valence-corrected chi connectivity index (χ1v) is 13.0. The van der Waals surface area contributed by atoms with Crippen molar-refractivity contribution in [3.8, 4) is 11.4 Å². The zero-order chi connectivity index (χ0) is 24.6. The zero-order valence-corrected chi connectivity index (χ0v) is 21.1. The van der Waals surface area contributed by atoms with Crippen LogP contribution >= 0.6 is 11.8 Å². The molecule has 9 heteroatoms. The highest BCUT2D eigenvalue weighted by atomic mass is 32.2. The van der Waals surface area contributed by atoms with Crippen molar-refractivity contribution in [2.75, 3.05) is 43.4 Å². The maximum absolute atomic E-state index is 12.6. The summed E-state index contributed by atoms with van der Waals surface area (Å²) in [6, 6.07) is 18.4. The van der Waals surface area contributed by atoms with E-state index in [2.05, 4.69) is 38.6 Å². The Hall–Kier alpha value is -3.33. The number of rotatable bonds is 9. The van der Waals surface area contributed by atoms with Gasteiger partial charge in [-0.25, -0.2) is 0 Å². The Morgan fingerprint density at radius 3 is 2.49 bits per heavy atom. The Morgan fingerprint density at radius 1 is 1.00 bits per heavy atom. The van der Waals surface area contributed by atoms with E-state index in [1.54, 1.807) is 0 Å². The number of para-hydroxylation sites is 1. The lowest BCUT2D eigenvalue weighted by molar-refractivity contribution is -0.131. The third-order valence-corrected chi connectivity index (χ3v) is 7.02. The summed E-state index contributed by atoms with van der Waals surface area (Å²) in [7, 11) is 0. The van der Waals surface area contributed by atoms with Crippen molar-refractivity contribution in [3.63, 3.8) is 0 Å². The van der Waals surface area contributed by atoms with Crippen LogP contribution in [-0.2, 0) is 16.1 Å². The van der Waals surface area contributed by atoms with Crippen LogP contribution in [0.4, 0.5) is 5.69 Å². The molecular formula is C26H32N6O2S. The molecule has 3 aromatic rings. The highest BCUT2D eigenvalue weighted by molar-refractivity contribution is 7.99. The largest absolute Gasteiger partial charge is 0.368 e. The lowest BCUT2D eigenvalue weighted by Crippen LogP contribution is -2.49. The molecule has 1 N–H and O–H groups in total. The number of benzene rings is 2. The summed E-state index contributed by atoms with van der Waals surface area (Å²) in [5.41, 5.74) is 3.36. The number of hydrogen-bond donors (Lipinski definition) is 1. The molecule has 1 aromatic heterocycles. The molecule has 1 aliphatic rings. The number of amides is 2. The van der Waals surface area contributed by atoms with Gasteiger partial charge >= 0.3 is 0 Å². The molecule has 0 radical (unpaired) electrons. The van der Waals surface area contributed by atoms with E-state index in [1.165, 1.54) is 17.4 Å². The van der Waals surface area contributed by atoms with Gasteiger partial charge in [0.25, 0.3) is 0 Å². The monoisotopic (exact) mass is 492 g/mol. The fraction of sp³-hybridized carbons (Fsp3) is 0.385. The van der Waals surface area contributed by atoms with Gasteiger partial charge in [0.1, 0.15) is 0 Å². The summed E-state index contributed by atoms with van der Waals surface area (Å²) in [6.07, 6.45) is 0.310. The van der Waals surface area contributed by atoms with E-state index in [-0.39, 0.29) is 17.6 Å². The average molecular weight is 493 g/mol. The molecule has 0 aliphatic carbocycles. The number of aromatic nitrogens is 3. The average Bonchev–Trinajstić information content (AvgIpc) is 3.31. The van der Waals surface area contributed by atoms with E-state index in [9.17, 15) is 9.59 Å². The molecule has 0 spiro atoms. The lowest BCUT2D eigenvalue weighted by atomic mass is 10.1. The quantitative estimate of drug-likeness (QED) is 0.462. The normalized spacial score (nSPS) is 13.7. The first kappa shape index (κ1) is 24.8. The SMILES string of the molecule is CCn1c(SCC(=O)NCCC(=O)N2CCN(c3ccccc3)CC2)nnc1-c1cccc(C)c1. The number of carbonyl (C=O) groups excluding carboxylic acids is 2. The molecule has 2 heterocycles. The van der Waals surface area contributed by atoms with Gasteiger partial charge in [0.2, 0.25) is 11.8 Å². The Morgan fingerprint density at radius 2 is 1.77 bits per heavy atom. The second-order valence-corrected chi connectivity index (χ2v) is 9.45. The molecule has 8 nitrogen and oxygen atoms in total. The number of hydrogen-bond acceptors (Lipinski definition) is 6. The number of piperazine rings is 1. The third-order valence-electron chi connectivity index (χ3n) is 6.06. The number of aryl methyl sites for hydroxylation is 1. The van der Waals surface area contributed by atoms with Crippen molar-refractivity contribution in [1.29, 1.82) is 0 Å². The number of nitrogens with zero attached hydrogens (tertiary/aromatic N) is 5. The highest BCUT2D eigenvalue weighted by Crippen LogP contribution is 2.24. The van der Waals surface area contributed by atoms with Crippen LogP contribution in [0, 0.1) is 6.92 Å². The van der Waals surface area contributed by atoms with Gasteiger partial charge in [-0.05, 0) is 32.0 Å². The second-order valence-electron chi connectivity index (χ2n) is 8.51. The van der Waals surface area contributed by atoms with Crippen molar-refractivity contribution in [1.82, 2.24) is 25.0 Å². The Kier molecular flexibility index (Phi) is 8.41. The van der Waals surface area contributed by atoms with Gasteiger partial charge in [0.05, 0.1) is 5.75 Å². The molecule has 1 fully saturated rings. The van der Waals surface area contributed by atoms with Gasteiger partial charge in [0.15, 0.2) is 11.0 Å². The molecule has 0 atom stereocenters. The molecule has 0 unspecified atom stereocenters. The standard InChI is InChI=1S/C26H32N6O2S/c1-3-32-25(21-9-7-8-20(2)18-21)28-29-26(32)35-19-23(33)27-13-12-24(34)31-16-14-30(15-17-31)22-10-5-4-6-11-22/h4-11,18H,3,12-17,19H2,1-2H3,(H,27,33). The first-order chi connectivity index (χ1) is 17.0. The first-order valence-electron chi connectivity index (χ1n) is 12.0. The van der Waals surface area contributed by atoms with Crippen LogP contribution in [-0.4, -0.2) is 70.0 Å². The molecule has 0 saturated carbocycles. The maximum atomic E-state index is 12.6. The number of carbonyl (C=O) groups is 2. The van der Waals surface area contributed by atoms with E-state index in [1.807, 2.05) is 59.7 Å². The minimum Gasteiger partial charge on any atom is -0.368 e. The molecule has 2 amide bonds. The predicted octanol–water partition coefficient (Wildman–Crippen LogP) is 3.22. The number of nitrogens with one attached hydrogen (secondary N) is 1.